The van der Waals surface area contributed by atoms with E-state index in [4.69, 9.17) is 9.52 Å². The Bertz CT molecular complexity index is 750. The van der Waals surface area contributed by atoms with Gasteiger partial charge in [-0.05, 0) is 37.2 Å². The van der Waals surface area contributed by atoms with Crippen LogP contribution in [-0.4, -0.2) is 23.0 Å². The number of carbonyl (C=O) groups excluding carboxylic acids is 1. The molecule has 2 atom stereocenters. The van der Waals surface area contributed by atoms with Crippen LogP contribution in [-0.2, 0) is 12.8 Å². The zero-order chi connectivity index (χ0) is 17.8. The summed E-state index contributed by atoms with van der Waals surface area (Å²) in [4.78, 5) is 23.6. The Morgan fingerprint density at radius 2 is 2.00 bits per heavy atom. The second-order valence-corrected chi connectivity index (χ2v) is 6.65. The molecule has 0 bridgehead atoms. The molecule has 1 fully saturated rings. The van der Waals surface area contributed by atoms with Gasteiger partial charge in [0.1, 0.15) is 11.3 Å². The van der Waals surface area contributed by atoms with Crippen molar-refractivity contribution >= 4 is 11.9 Å². The predicted molar refractivity (Wildman–Crippen MR) is 93.8 cm³/mol. The topological polar surface area (TPSA) is 79.5 Å². The number of hydrogen-bond acceptors (Lipinski definition) is 3. The minimum Gasteiger partial charge on any atom is -0.478 e. The van der Waals surface area contributed by atoms with E-state index in [9.17, 15) is 9.59 Å². The van der Waals surface area contributed by atoms with E-state index >= 15 is 0 Å². The van der Waals surface area contributed by atoms with Gasteiger partial charge in [0.15, 0.2) is 5.76 Å². The zero-order valence-electron chi connectivity index (χ0n) is 14.3. The quantitative estimate of drug-likeness (QED) is 0.840. The van der Waals surface area contributed by atoms with Gasteiger partial charge in [0.25, 0.3) is 5.91 Å². The maximum absolute atomic E-state index is 12.4. The number of carboxylic acids is 1. The van der Waals surface area contributed by atoms with Gasteiger partial charge in [0.05, 0.1) is 0 Å². The van der Waals surface area contributed by atoms with Crippen molar-refractivity contribution in [3.05, 3.63) is 59.0 Å². The molecule has 2 N–H and O–H groups in total. The molecule has 5 heteroatoms. The Kier molecular flexibility index (Phi) is 5.22. The lowest BCUT2D eigenvalue weighted by Crippen LogP contribution is -2.32. The molecule has 0 radical (unpaired) electrons. The number of furan rings is 1. The van der Waals surface area contributed by atoms with E-state index < -0.39 is 5.97 Å². The standard InChI is InChI=1S/C20H23NO4/c1-2-17-16(20(23)24)12-18(25-17)19(22)21-15-9-8-14(11-15)10-13-6-4-3-5-7-13/h3-7,12,14-15H,2,8-11H2,1H3,(H,21,22)(H,23,24). The summed E-state index contributed by atoms with van der Waals surface area (Å²) >= 11 is 0. The van der Waals surface area contributed by atoms with Crippen molar-refractivity contribution in [2.75, 3.05) is 0 Å². The van der Waals surface area contributed by atoms with Crippen molar-refractivity contribution in [2.45, 2.75) is 45.1 Å². The van der Waals surface area contributed by atoms with Crippen molar-refractivity contribution in [3.8, 4) is 0 Å². The lowest BCUT2D eigenvalue weighted by Gasteiger charge is -2.12. The Morgan fingerprint density at radius 1 is 1.24 bits per heavy atom. The molecule has 1 saturated carbocycles. The van der Waals surface area contributed by atoms with Gasteiger partial charge in [-0.15, -0.1) is 0 Å². The van der Waals surface area contributed by atoms with Crippen molar-refractivity contribution in [3.63, 3.8) is 0 Å². The Hall–Kier alpha value is -2.56. The second-order valence-electron chi connectivity index (χ2n) is 6.65. The van der Waals surface area contributed by atoms with Crippen LogP contribution in [0.15, 0.2) is 40.8 Å². The van der Waals surface area contributed by atoms with Crippen LogP contribution < -0.4 is 5.32 Å². The number of aromatic carboxylic acids is 1. The molecule has 132 valence electrons. The minimum absolute atomic E-state index is 0.0704. The molecular formula is C20H23NO4. The average molecular weight is 341 g/mol. The van der Waals surface area contributed by atoms with Crippen LogP contribution in [0.2, 0.25) is 0 Å². The maximum Gasteiger partial charge on any atom is 0.339 e. The second kappa shape index (κ2) is 7.55. The van der Waals surface area contributed by atoms with Gasteiger partial charge in [0.2, 0.25) is 0 Å². The molecule has 1 heterocycles. The van der Waals surface area contributed by atoms with Gasteiger partial charge in [-0.25, -0.2) is 4.79 Å². The smallest absolute Gasteiger partial charge is 0.339 e. The number of aryl methyl sites for hydroxylation is 1. The van der Waals surface area contributed by atoms with Crippen molar-refractivity contribution in [2.24, 2.45) is 5.92 Å². The van der Waals surface area contributed by atoms with Crippen molar-refractivity contribution in [1.82, 2.24) is 5.32 Å². The predicted octanol–water partition coefficient (Wildman–Crippen LogP) is 3.68. The van der Waals surface area contributed by atoms with Gasteiger partial charge in [-0.1, -0.05) is 37.3 Å². The van der Waals surface area contributed by atoms with Gasteiger partial charge >= 0.3 is 5.97 Å². The third-order valence-electron chi connectivity index (χ3n) is 4.83. The van der Waals surface area contributed by atoms with E-state index in [2.05, 4.69) is 17.4 Å². The molecule has 0 aliphatic heterocycles. The normalized spacial score (nSPS) is 19.7. The fourth-order valence-corrected chi connectivity index (χ4v) is 3.58. The minimum atomic E-state index is -1.07. The summed E-state index contributed by atoms with van der Waals surface area (Å²) in [7, 11) is 0. The summed E-state index contributed by atoms with van der Waals surface area (Å²) in [6, 6.07) is 11.8. The summed E-state index contributed by atoms with van der Waals surface area (Å²) in [6.07, 6.45) is 4.43. The van der Waals surface area contributed by atoms with Crippen LogP contribution in [0, 0.1) is 5.92 Å². The van der Waals surface area contributed by atoms with E-state index in [-0.39, 0.29) is 23.3 Å². The average Bonchev–Trinajstić information content (AvgIpc) is 3.22. The number of rotatable bonds is 6. The van der Waals surface area contributed by atoms with Crippen LogP contribution in [0.5, 0.6) is 0 Å². The number of nitrogens with one attached hydrogen (secondary N) is 1. The highest BCUT2D eigenvalue weighted by Crippen LogP contribution is 2.29. The zero-order valence-corrected chi connectivity index (χ0v) is 14.3. The summed E-state index contributed by atoms with van der Waals surface area (Å²) < 4.78 is 5.43. The summed E-state index contributed by atoms with van der Waals surface area (Å²) in [5.74, 6) is -0.409. The monoisotopic (exact) mass is 341 g/mol. The molecule has 25 heavy (non-hydrogen) atoms. The van der Waals surface area contributed by atoms with Crippen molar-refractivity contribution < 1.29 is 19.1 Å². The van der Waals surface area contributed by atoms with Crippen molar-refractivity contribution in [1.29, 1.82) is 0 Å². The molecule has 1 aromatic carbocycles. The molecule has 5 nitrogen and oxygen atoms in total. The number of carboxylic acid groups (broad SMARTS) is 1. The molecule has 1 amide bonds. The summed E-state index contributed by atoms with van der Waals surface area (Å²) in [5, 5.41) is 12.1. The first kappa shape index (κ1) is 17.3. The van der Waals surface area contributed by atoms with Crippen LogP contribution in [0.3, 0.4) is 0 Å². The molecule has 1 aliphatic rings. The SMILES string of the molecule is CCc1oc(C(=O)NC2CCC(Cc3ccccc3)C2)cc1C(=O)O. The lowest BCUT2D eigenvalue weighted by molar-refractivity contribution is 0.0694. The highest BCUT2D eigenvalue weighted by molar-refractivity contribution is 5.96. The van der Waals surface area contributed by atoms with E-state index in [1.54, 1.807) is 6.92 Å². The molecular weight excluding hydrogens is 318 g/mol. The third kappa shape index (κ3) is 4.10. The van der Waals surface area contributed by atoms with Crippen LogP contribution in [0.25, 0.3) is 0 Å². The fraction of sp³-hybridized carbons (Fsp3) is 0.400. The Labute approximate surface area is 147 Å². The Balaban J connectivity index is 1.58. The Morgan fingerprint density at radius 3 is 2.64 bits per heavy atom. The van der Waals surface area contributed by atoms with E-state index in [1.165, 1.54) is 11.6 Å². The van der Waals surface area contributed by atoms with Gasteiger partial charge in [-0.3, -0.25) is 4.79 Å². The first-order valence-electron chi connectivity index (χ1n) is 8.77. The number of amides is 1. The number of benzene rings is 1. The maximum atomic E-state index is 12.4. The van der Waals surface area contributed by atoms with Gasteiger partial charge in [-0.2, -0.15) is 0 Å². The van der Waals surface area contributed by atoms with E-state index in [0.29, 0.717) is 18.1 Å². The summed E-state index contributed by atoms with van der Waals surface area (Å²) in [5.41, 5.74) is 1.39. The first-order chi connectivity index (χ1) is 12.1. The molecule has 3 rings (SSSR count). The van der Waals surface area contributed by atoms with Crippen LogP contribution in [0.4, 0.5) is 0 Å². The highest BCUT2D eigenvalue weighted by atomic mass is 16.4. The van der Waals surface area contributed by atoms with Crippen LogP contribution in [0.1, 0.15) is 58.4 Å². The first-order valence-corrected chi connectivity index (χ1v) is 8.77. The lowest BCUT2D eigenvalue weighted by atomic mass is 9.98. The molecule has 2 unspecified atom stereocenters. The van der Waals surface area contributed by atoms with Gasteiger partial charge < -0.3 is 14.8 Å². The third-order valence-corrected chi connectivity index (χ3v) is 4.83. The van der Waals surface area contributed by atoms with Gasteiger partial charge in [0, 0.05) is 18.5 Å². The summed E-state index contributed by atoms with van der Waals surface area (Å²) in [6.45, 7) is 1.80. The molecule has 0 saturated heterocycles. The molecule has 2 aromatic rings. The van der Waals surface area contributed by atoms with E-state index in [0.717, 1.165) is 25.7 Å². The largest absolute Gasteiger partial charge is 0.478 e. The fourth-order valence-electron chi connectivity index (χ4n) is 3.58. The molecule has 1 aliphatic carbocycles. The molecule has 1 aromatic heterocycles. The number of hydrogen-bond donors (Lipinski definition) is 2. The van der Waals surface area contributed by atoms with E-state index in [1.807, 2.05) is 18.2 Å². The van der Waals surface area contributed by atoms with Crippen LogP contribution >= 0.6 is 0 Å². The molecule has 0 spiro atoms. The number of carbonyl (C=O) groups is 2. The highest BCUT2D eigenvalue weighted by Gasteiger charge is 2.28.